The van der Waals surface area contributed by atoms with Gasteiger partial charge in [0.1, 0.15) is 17.3 Å². The second-order valence-electron chi connectivity index (χ2n) is 10.4. The number of amides is 2. The minimum atomic E-state index is -4.56. The van der Waals surface area contributed by atoms with E-state index in [0.717, 1.165) is 36.1 Å². The number of alkyl halides is 3. The number of aromatic nitrogens is 1. The van der Waals surface area contributed by atoms with Crippen LogP contribution in [0.3, 0.4) is 0 Å². The Bertz CT molecular complexity index is 1430. The highest BCUT2D eigenvalue weighted by molar-refractivity contribution is 5.93. The van der Waals surface area contributed by atoms with Crippen LogP contribution in [0.15, 0.2) is 54.7 Å². The highest BCUT2D eigenvalue weighted by atomic mass is 19.4. The highest BCUT2D eigenvalue weighted by Gasteiger charge is 2.32. The lowest BCUT2D eigenvalue weighted by molar-refractivity contribution is -0.137. The van der Waals surface area contributed by atoms with E-state index >= 15 is 0 Å². The average Bonchev–Trinajstić information content (AvgIpc) is 3.78. The van der Waals surface area contributed by atoms with Gasteiger partial charge in [0.2, 0.25) is 11.8 Å². The number of pyridine rings is 1. The van der Waals surface area contributed by atoms with Gasteiger partial charge in [0, 0.05) is 42.9 Å². The zero-order valence-electron chi connectivity index (χ0n) is 22.3. The van der Waals surface area contributed by atoms with Crippen molar-refractivity contribution in [2.75, 3.05) is 23.8 Å². The molecule has 3 aromatic rings. The Kier molecular flexibility index (Phi) is 8.55. The maximum absolute atomic E-state index is 13.5. The van der Waals surface area contributed by atoms with Crippen molar-refractivity contribution >= 4 is 23.3 Å². The molecular weight excluding hydrogens is 537 g/mol. The number of nitrogens with one attached hydrogen (secondary N) is 3. The summed E-state index contributed by atoms with van der Waals surface area (Å²) in [4.78, 5) is 29.4. The molecule has 1 aromatic heterocycles. The summed E-state index contributed by atoms with van der Waals surface area (Å²) in [6.45, 7) is 0.226. The summed E-state index contributed by atoms with van der Waals surface area (Å²) in [5.74, 6) is 0.715. The Balaban J connectivity index is 1.25. The number of hydrogen-bond donors (Lipinski definition) is 4. The molecule has 2 amide bonds. The van der Waals surface area contributed by atoms with Gasteiger partial charge in [-0.15, -0.1) is 0 Å². The zero-order valence-corrected chi connectivity index (χ0v) is 22.3. The number of fused-ring (bicyclic) bond motifs is 1. The molecule has 2 aliphatic carbocycles. The maximum atomic E-state index is 13.5. The maximum Gasteiger partial charge on any atom is 0.416 e. The molecule has 0 bridgehead atoms. The van der Waals surface area contributed by atoms with Crippen LogP contribution in [0.1, 0.15) is 41.5 Å². The number of aliphatic hydroxyl groups is 1. The normalized spacial score (nSPS) is 16.5. The van der Waals surface area contributed by atoms with Gasteiger partial charge in [-0.2, -0.15) is 13.2 Å². The predicted octanol–water partition coefficient (Wildman–Crippen LogP) is 5.07. The molecule has 1 fully saturated rings. The van der Waals surface area contributed by atoms with E-state index in [4.69, 9.17) is 9.84 Å². The molecule has 1 unspecified atom stereocenters. The van der Waals surface area contributed by atoms with Crippen LogP contribution in [0.2, 0.25) is 0 Å². The first kappa shape index (κ1) is 28.6. The first-order valence-corrected chi connectivity index (χ1v) is 13.6. The van der Waals surface area contributed by atoms with Gasteiger partial charge < -0.3 is 25.8 Å². The van der Waals surface area contributed by atoms with Crippen LogP contribution in [0.25, 0.3) is 0 Å². The monoisotopic (exact) mass is 568 g/mol. The minimum Gasteiger partial charge on any atom is -0.457 e. The van der Waals surface area contributed by atoms with E-state index in [1.54, 1.807) is 18.3 Å². The van der Waals surface area contributed by atoms with Crippen LogP contribution in [0, 0.1) is 11.8 Å². The van der Waals surface area contributed by atoms with Gasteiger partial charge in [-0.3, -0.25) is 9.59 Å². The van der Waals surface area contributed by atoms with Crippen molar-refractivity contribution in [2.45, 2.75) is 44.8 Å². The largest absolute Gasteiger partial charge is 0.457 e. The molecule has 2 aliphatic rings. The molecule has 5 rings (SSSR count). The lowest BCUT2D eigenvalue weighted by atomic mass is 9.83. The fourth-order valence-electron chi connectivity index (χ4n) is 4.86. The lowest BCUT2D eigenvalue weighted by Crippen LogP contribution is -2.28. The summed E-state index contributed by atoms with van der Waals surface area (Å²) < 4.78 is 46.5. The fraction of sp³-hybridized carbons (Fsp3) is 0.367. The third-order valence-electron chi connectivity index (χ3n) is 7.15. The van der Waals surface area contributed by atoms with Crippen LogP contribution >= 0.6 is 0 Å². The number of aliphatic hydroxyl groups excluding tert-OH is 1. The number of carbonyl (C=O) groups excluding carboxylic acids is 2. The number of benzene rings is 2. The Morgan fingerprint density at radius 3 is 2.46 bits per heavy atom. The number of hydrogen-bond acceptors (Lipinski definition) is 6. The van der Waals surface area contributed by atoms with Gasteiger partial charge >= 0.3 is 6.18 Å². The van der Waals surface area contributed by atoms with E-state index in [9.17, 15) is 22.8 Å². The van der Waals surface area contributed by atoms with Crippen molar-refractivity contribution in [3.05, 3.63) is 77.0 Å². The van der Waals surface area contributed by atoms with E-state index in [0.29, 0.717) is 42.1 Å². The molecule has 0 spiro atoms. The van der Waals surface area contributed by atoms with Crippen molar-refractivity contribution in [2.24, 2.45) is 11.8 Å². The molecular formula is C30H31F3N4O4. The molecule has 1 saturated carbocycles. The fourth-order valence-corrected chi connectivity index (χ4v) is 4.86. The number of anilines is 2. The number of ether oxygens (including phenoxy) is 1. The number of rotatable bonds is 10. The van der Waals surface area contributed by atoms with Crippen LogP contribution in [-0.2, 0) is 35.2 Å². The van der Waals surface area contributed by atoms with Gasteiger partial charge in [-0.25, -0.2) is 4.98 Å². The third-order valence-corrected chi connectivity index (χ3v) is 7.15. The van der Waals surface area contributed by atoms with Crippen LogP contribution in [0.4, 0.5) is 24.7 Å². The molecule has 4 N–H and O–H groups in total. The molecule has 0 saturated heterocycles. The van der Waals surface area contributed by atoms with Crippen LogP contribution in [0.5, 0.6) is 11.5 Å². The molecule has 1 atom stereocenters. The van der Waals surface area contributed by atoms with E-state index in [2.05, 4.69) is 20.9 Å². The number of halogens is 3. The van der Waals surface area contributed by atoms with E-state index < -0.39 is 17.7 Å². The smallest absolute Gasteiger partial charge is 0.416 e. The molecule has 1 heterocycles. The first-order chi connectivity index (χ1) is 19.7. The standard InChI is InChI=1S/C30H31F3N4O4/c31-30(32,33)23-11-18(17-34-9-10-38)12-24(15-23)36-29(40)21-4-1-19-5-6-25(14-22(19)13-21)41-26-7-8-35-27(16-26)37-28(39)20-2-3-20/h5-8,11-12,14-16,20-21,34,38H,1-4,9-10,13,17H2,(H,36,40)(H,35,37,39). The number of carbonyl (C=O) groups is 2. The average molecular weight is 569 g/mol. The van der Waals surface area contributed by atoms with E-state index in [1.165, 1.54) is 6.07 Å². The lowest BCUT2D eigenvalue weighted by Gasteiger charge is -2.25. The topological polar surface area (TPSA) is 113 Å². The molecule has 0 aliphatic heterocycles. The molecule has 41 heavy (non-hydrogen) atoms. The molecule has 2 aromatic carbocycles. The zero-order chi connectivity index (χ0) is 29.0. The Hall–Kier alpha value is -3.96. The van der Waals surface area contributed by atoms with Gasteiger partial charge in [-0.1, -0.05) is 6.07 Å². The molecule has 11 heteroatoms. The van der Waals surface area contributed by atoms with Crippen LogP contribution < -0.4 is 20.7 Å². The molecule has 0 radical (unpaired) electrons. The molecule has 8 nitrogen and oxygen atoms in total. The first-order valence-electron chi connectivity index (χ1n) is 13.6. The summed E-state index contributed by atoms with van der Waals surface area (Å²) in [5, 5.41) is 17.3. The quantitative estimate of drug-likeness (QED) is 0.254. The third kappa shape index (κ3) is 7.62. The number of aryl methyl sites for hydroxylation is 1. The molecule has 216 valence electrons. The van der Waals surface area contributed by atoms with Crippen molar-refractivity contribution in [1.29, 1.82) is 0 Å². The highest BCUT2D eigenvalue weighted by Crippen LogP contribution is 2.35. The Labute approximate surface area is 235 Å². The van der Waals surface area contributed by atoms with Gasteiger partial charge in [0.15, 0.2) is 0 Å². The van der Waals surface area contributed by atoms with Gasteiger partial charge in [-0.05, 0) is 85.2 Å². The Morgan fingerprint density at radius 2 is 1.71 bits per heavy atom. The Morgan fingerprint density at radius 1 is 0.927 bits per heavy atom. The van der Waals surface area contributed by atoms with Crippen molar-refractivity contribution in [3.8, 4) is 11.5 Å². The van der Waals surface area contributed by atoms with Crippen LogP contribution in [-0.4, -0.2) is 35.1 Å². The SMILES string of the molecule is O=C(Nc1cc(CNCCO)cc(C(F)(F)F)c1)C1CCc2ccc(Oc3ccnc(NC(=O)C4CC4)c3)cc2C1. The summed E-state index contributed by atoms with van der Waals surface area (Å²) in [6.07, 6.45) is 0.404. The van der Waals surface area contributed by atoms with Gasteiger partial charge in [0.25, 0.3) is 0 Å². The summed E-state index contributed by atoms with van der Waals surface area (Å²) in [7, 11) is 0. The summed E-state index contributed by atoms with van der Waals surface area (Å²) in [6, 6.07) is 12.5. The second-order valence-corrected chi connectivity index (χ2v) is 10.4. The van der Waals surface area contributed by atoms with Crippen molar-refractivity contribution < 1.29 is 32.6 Å². The van der Waals surface area contributed by atoms with E-state index in [1.807, 2.05) is 18.2 Å². The predicted molar refractivity (Wildman–Crippen MR) is 146 cm³/mol. The summed E-state index contributed by atoms with van der Waals surface area (Å²) >= 11 is 0. The van der Waals surface area contributed by atoms with Gasteiger partial charge in [0.05, 0.1) is 12.2 Å². The van der Waals surface area contributed by atoms with Crippen molar-refractivity contribution in [1.82, 2.24) is 10.3 Å². The minimum absolute atomic E-state index is 0.0486. The van der Waals surface area contributed by atoms with E-state index in [-0.39, 0.29) is 43.1 Å². The second kappa shape index (κ2) is 12.3. The van der Waals surface area contributed by atoms with Crippen molar-refractivity contribution in [3.63, 3.8) is 0 Å². The number of nitrogens with zero attached hydrogens (tertiary/aromatic N) is 1. The summed E-state index contributed by atoms with van der Waals surface area (Å²) in [5.41, 5.74) is 1.60.